The summed E-state index contributed by atoms with van der Waals surface area (Å²) >= 11 is 0. The summed E-state index contributed by atoms with van der Waals surface area (Å²) in [6.45, 7) is 0. The highest BCUT2D eigenvalue weighted by Gasteiger charge is 2.18. The molecule has 1 aromatic heterocycles. The second-order valence-corrected chi connectivity index (χ2v) is 11.9. The van der Waals surface area contributed by atoms with Gasteiger partial charge in [-0.25, -0.2) is 4.98 Å². The molecule has 6 aromatic carbocycles. The van der Waals surface area contributed by atoms with Crippen LogP contribution in [0.2, 0.25) is 0 Å². The van der Waals surface area contributed by atoms with Crippen molar-refractivity contribution in [1.82, 2.24) is 4.98 Å². The van der Waals surface area contributed by atoms with E-state index in [1.807, 2.05) is 0 Å². The Hall–Kier alpha value is -4.58. The molecule has 0 atom stereocenters. The quantitative estimate of drug-likeness (QED) is 0.165. The fourth-order valence-corrected chi connectivity index (χ4v) is 7.74. The zero-order valence-corrected chi connectivity index (χ0v) is 22.3. The third-order valence-corrected chi connectivity index (χ3v) is 9.64. The molecule has 0 radical (unpaired) electrons. The van der Waals surface area contributed by atoms with Crippen molar-refractivity contribution in [3.05, 3.63) is 158 Å². The fourth-order valence-electron chi connectivity index (χ4n) is 5.41. The van der Waals surface area contributed by atoms with Crippen molar-refractivity contribution >= 4 is 45.5 Å². The highest BCUT2D eigenvalue weighted by molar-refractivity contribution is 7.79. The van der Waals surface area contributed by atoms with Gasteiger partial charge in [0.15, 0.2) is 0 Å². The molecule has 7 rings (SSSR count). The molecule has 39 heavy (non-hydrogen) atoms. The van der Waals surface area contributed by atoms with Crippen LogP contribution in [0.5, 0.6) is 0 Å². The van der Waals surface area contributed by atoms with E-state index in [2.05, 4.69) is 158 Å². The Balaban J connectivity index is 1.44. The van der Waals surface area contributed by atoms with Gasteiger partial charge in [-0.05, 0) is 63.9 Å². The molecule has 1 nitrogen and oxygen atoms in total. The summed E-state index contributed by atoms with van der Waals surface area (Å²) in [5, 5.41) is 7.68. The predicted molar refractivity (Wildman–Crippen MR) is 169 cm³/mol. The number of hydrogen-bond donors (Lipinski definition) is 0. The maximum atomic E-state index is 5.23. The van der Waals surface area contributed by atoms with Gasteiger partial charge >= 0.3 is 0 Å². The Labute approximate surface area is 230 Å². The molecule has 0 saturated heterocycles. The average Bonchev–Trinajstić information content (AvgIpc) is 3.02. The first kappa shape index (κ1) is 23.5. The van der Waals surface area contributed by atoms with E-state index in [0.717, 1.165) is 16.8 Å². The maximum absolute atomic E-state index is 5.23. The lowest BCUT2D eigenvalue weighted by Gasteiger charge is -2.20. The van der Waals surface area contributed by atoms with Crippen LogP contribution in [-0.4, -0.2) is 4.98 Å². The van der Waals surface area contributed by atoms with Crippen molar-refractivity contribution in [2.75, 3.05) is 0 Å². The van der Waals surface area contributed by atoms with E-state index in [-0.39, 0.29) is 0 Å². The Bertz CT molecular complexity index is 1860. The second kappa shape index (κ2) is 10.3. The SMILES string of the molecule is c1ccc(-c2cc(-c3cccc(P(c4ccccc4)c4ccccc4)c3)nc3ccc4ccccc4c23)cc1. The third-order valence-electron chi connectivity index (χ3n) is 7.21. The third kappa shape index (κ3) is 4.52. The summed E-state index contributed by atoms with van der Waals surface area (Å²) in [6.07, 6.45) is 0. The van der Waals surface area contributed by atoms with Crippen LogP contribution in [0.4, 0.5) is 0 Å². The van der Waals surface area contributed by atoms with Crippen LogP contribution >= 0.6 is 7.92 Å². The normalized spacial score (nSPS) is 11.3. The minimum absolute atomic E-state index is 0.690. The van der Waals surface area contributed by atoms with Gasteiger partial charge in [-0.1, -0.05) is 140 Å². The topological polar surface area (TPSA) is 12.9 Å². The standard InChI is InChI=1S/C37H26NP/c1-4-13-27(14-5-1)34-26-36(38-35-24-23-28-15-10-11-22-33(28)37(34)35)29-16-12-21-32(25-29)39(30-17-6-2-7-18-30)31-19-8-3-9-20-31/h1-26H. The molecular weight excluding hydrogens is 489 g/mol. The van der Waals surface area contributed by atoms with Crippen LogP contribution in [0, 0.1) is 0 Å². The minimum atomic E-state index is -0.690. The molecule has 0 aliphatic rings. The van der Waals surface area contributed by atoms with Gasteiger partial charge in [-0.3, -0.25) is 0 Å². The van der Waals surface area contributed by atoms with Crippen LogP contribution in [0.25, 0.3) is 44.1 Å². The lowest BCUT2D eigenvalue weighted by Crippen LogP contribution is -2.20. The van der Waals surface area contributed by atoms with E-state index in [9.17, 15) is 0 Å². The maximum Gasteiger partial charge on any atom is 0.0722 e. The average molecular weight is 516 g/mol. The molecule has 184 valence electrons. The zero-order chi connectivity index (χ0) is 26.0. The van der Waals surface area contributed by atoms with E-state index in [1.165, 1.54) is 43.2 Å². The summed E-state index contributed by atoms with van der Waals surface area (Å²) in [5.41, 5.74) is 5.57. The summed E-state index contributed by atoms with van der Waals surface area (Å²) in [7, 11) is -0.690. The second-order valence-electron chi connectivity index (χ2n) is 9.66. The van der Waals surface area contributed by atoms with Gasteiger partial charge in [0.05, 0.1) is 11.2 Å². The van der Waals surface area contributed by atoms with E-state index in [1.54, 1.807) is 0 Å². The molecule has 0 N–H and O–H groups in total. The molecule has 0 spiro atoms. The number of fused-ring (bicyclic) bond motifs is 3. The molecule has 1 heterocycles. The number of benzene rings is 6. The van der Waals surface area contributed by atoms with Gasteiger partial charge in [0.1, 0.15) is 0 Å². The number of pyridine rings is 1. The van der Waals surface area contributed by atoms with E-state index < -0.39 is 7.92 Å². The zero-order valence-electron chi connectivity index (χ0n) is 21.4. The summed E-state index contributed by atoms with van der Waals surface area (Å²) in [6, 6.07) is 56.6. The largest absolute Gasteiger partial charge is 0.248 e. The van der Waals surface area contributed by atoms with Crippen molar-refractivity contribution < 1.29 is 0 Å². The highest BCUT2D eigenvalue weighted by atomic mass is 31.1. The van der Waals surface area contributed by atoms with E-state index >= 15 is 0 Å². The summed E-state index contributed by atoms with van der Waals surface area (Å²) in [5.74, 6) is 0. The first-order valence-electron chi connectivity index (χ1n) is 13.2. The number of hydrogen-bond acceptors (Lipinski definition) is 1. The number of rotatable bonds is 5. The van der Waals surface area contributed by atoms with Gasteiger partial charge < -0.3 is 0 Å². The van der Waals surface area contributed by atoms with Crippen molar-refractivity contribution in [1.29, 1.82) is 0 Å². The van der Waals surface area contributed by atoms with Gasteiger partial charge in [0.25, 0.3) is 0 Å². The van der Waals surface area contributed by atoms with Crippen molar-refractivity contribution in [3.63, 3.8) is 0 Å². The van der Waals surface area contributed by atoms with Crippen molar-refractivity contribution in [2.45, 2.75) is 0 Å². The summed E-state index contributed by atoms with van der Waals surface area (Å²) in [4.78, 5) is 5.23. The molecule has 0 bridgehead atoms. The molecule has 0 saturated carbocycles. The Morgan fingerprint density at radius 3 is 1.74 bits per heavy atom. The van der Waals surface area contributed by atoms with Crippen LogP contribution in [0.15, 0.2) is 158 Å². The van der Waals surface area contributed by atoms with Gasteiger partial charge in [-0.2, -0.15) is 0 Å². The van der Waals surface area contributed by atoms with Crippen molar-refractivity contribution in [3.8, 4) is 22.4 Å². The molecule has 7 aromatic rings. The molecule has 0 aliphatic carbocycles. The highest BCUT2D eigenvalue weighted by Crippen LogP contribution is 2.38. The first-order valence-corrected chi connectivity index (χ1v) is 14.6. The minimum Gasteiger partial charge on any atom is -0.248 e. The van der Waals surface area contributed by atoms with Gasteiger partial charge in [0.2, 0.25) is 0 Å². The Morgan fingerprint density at radius 2 is 1.03 bits per heavy atom. The molecule has 0 aliphatic heterocycles. The van der Waals surface area contributed by atoms with Gasteiger partial charge in [0, 0.05) is 10.9 Å². The number of nitrogens with zero attached hydrogens (tertiary/aromatic N) is 1. The molecule has 2 heteroatoms. The number of aromatic nitrogens is 1. The van der Waals surface area contributed by atoms with Crippen LogP contribution in [0.1, 0.15) is 0 Å². The lowest BCUT2D eigenvalue weighted by molar-refractivity contribution is 1.40. The monoisotopic (exact) mass is 515 g/mol. The molecular formula is C37H26NP. The van der Waals surface area contributed by atoms with Gasteiger partial charge in [-0.15, -0.1) is 0 Å². The smallest absolute Gasteiger partial charge is 0.0722 e. The van der Waals surface area contributed by atoms with Crippen LogP contribution < -0.4 is 15.9 Å². The summed E-state index contributed by atoms with van der Waals surface area (Å²) < 4.78 is 0. The molecule has 0 amide bonds. The Morgan fingerprint density at radius 1 is 0.436 bits per heavy atom. The van der Waals surface area contributed by atoms with E-state index in [0.29, 0.717) is 0 Å². The fraction of sp³-hybridized carbons (Fsp3) is 0. The predicted octanol–water partition coefficient (Wildman–Crippen LogP) is 8.48. The molecule has 0 unspecified atom stereocenters. The first-order chi connectivity index (χ1) is 19.3. The van der Waals surface area contributed by atoms with E-state index in [4.69, 9.17) is 4.98 Å². The van der Waals surface area contributed by atoms with Crippen molar-refractivity contribution in [2.24, 2.45) is 0 Å². The van der Waals surface area contributed by atoms with Crippen LogP contribution in [0.3, 0.4) is 0 Å². The lowest BCUT2D eigenvalue weighted by atomic mass is 9.94. The van der Waals surface area contributed by atoms with Crippen LogP contribution in [-0.2, 0) is 0 Å². The Kier molecular flexibility index (Phi) is 6.21. The molecule has 0 fully saturated rings.